The van der Waals surface area contributed by atoms with Gasteiger partial charge >= 0.3 is 5.97 Å². The fraction of sp³-hybridized carbons (Fsp3) is 0.167. The second-order valence-electron chi connectivity index (χ2n) is 4.01. The summed E-state index contributed by atoms with van der Waals surface area (Å²) < 4.78 is 30.2. The van der Waals surface area contributed by atoms with E-state index in [1.165, 1.54) is 7.05 Å². The lowest BCUT2D eigenvalue weighted by Gasteiger charge is -2.14. The Balaban J connectivity index is 2.23. The number of carboxylic acids is 1. The number of hydrogen-bond donors (Lipinski definition) is 1. The highest BCUT2D eigenvalue weighted by Crippen LogP contribution is 2.19. The van der Waals surface area contributed by atoms with Crippen molar-refractivity contribution < 1.29 is 22.7 Å². The lowest BCUT2D eigenvalue weighted by atomic mass is 10.3. The summed E-state index contributed by atoms with van der Waals surface area (Å²) in [6, 6.07) is 7.39. The van der Waals surface area contributed by atoms with Crippen LogP contribution in [0.1, 0.15) is 16.2 Å². The predicted molar refractivity (Wildman–Crippen MR) is 68.6 cm³/mol. The number of carboxylic acid groups (broad SMARTS) is 1. The van der Waals surface area contributed by atoms with E-state index in [4.69, 9.17) is 9.52 Å². The van der Waals surface area contributed by atoms with Crippen LogP contribution in [0.2, 0.25) is 0 Å². The zero-order valence-corrected chi connectivity index (χ0v) is 11.4. The van der Waals surface area contributed by atoms with Gasteiger partial charge in [0.1, 0.15) is 0 Å². The van der Waals surface area contributed by atoms with Gasteiger partial charge in [-0.2, -0.15) is 4.31 Å². The van der Waals surface area contributed by atoms with E-state index in [1.54, 1.807) is 24.4 Å². The molecule has 0 aliphatic rings. The third-order valence-electron chi connectivity index (χ3n) is 2.57. The molecule has 0 saturated heterocycles. The number of rotatable bonds is 5. The van der Waals surface area contributed by atoms with Crippen LogP contribution in [0.4, 0.5) is 0 Å². The summed E-state index contributed by atoms with van der Waals surface area (Å²) in [5.41, 5.74) is 0.573. The molecule has 0 fully saturated rings. The Morgan fingerprint density at radius 2 is 2.10 bits per heavy atom. The highest BCUT2D eigenvalue weighted by molar-refractivity contribution is 7.88. The van der Waals surface area contributed by atoms with Gasteiger partial charge in [-0.1, -0.05) is 6.07 Å². The molecule has 106 valence electrons. The summed E-state index contributed by atoms with van der Waals surface area (Å²) in [5.74, 6) is -1.74. The Morgan fingerprint density at radius 1 is 1.35 bits per heavy atom. The summed E-state index contributed by atoms with van der Waals surface area (Å²) in [4.78, 5) is 14.7. The van der Waals surface area contributed by atoms with Gasteiger partial charge in [0.05, 0.1) is 12.2 Å². The standard InChI is InChI=1S/C12H12N2O5S/c1-14(8-9-4-2-3-7-13-9)20(17,18)11-6-5-10(19-11)12(15)16/h2-7H,8H2,1H3,(H,15,16). The number of sulfonamides is 1. The van der Waals surface area contributed by atoms with Crippen LogP contribution in [0.15, 0.2) is 46.0 Å². The first-order chi connectivity index (χ1) is 9.41. The van der Waals surface area contributed by atoms with Gasteiger partial charge in [-0.15, -0.1) is 0 Å². The molecule has 20 heavy (non-hydrogen) atoms. The molecule has 2 aromatic heterocycles. The zero-order chi connectivity index (χ0) is 14.8. The second kappa shape index (κ2) is 5.43. The fourth-order valence-corrected chi connectivity index (χ4v) is 2.58. The average molecular weight is 296 g/mol. The van der Waals surface area contributed by atoms with E-state index in [1.807, 2.05) is 0 Å². The third kappa shape index (κ3) is 2.86. The van der Waals surface area contributed by atoms with E-state index >= 15 is 0 Å². The molecule has 0 spiro atoms. The van der Waals surface area contributed by atoms with E-state index in [9.17, 15) is 13.2 Å². The van der Waals surface area contributed by atoms with Crippen molar-refractivity contribution in [3.05, 3.63) is 48.0 Å². The number of carbonyl (C=O) groups is 1. The van der Waals surface area contributed by atoms with Gasteiger partial charge in [-0.05, 0) is 24.3 Å². The zero-order valence-electron chi connectivity index (χ0n) is 10.6. The number of nitrogens with zero attached hydrogens (tertiary/aromatic N) is 2. The van der Waals surface area contributed by atoms with Crippen LogP contribution in [0, 0.1) is 0 Å². The highest BCUT2D eigenvalue weighted by atomic mass is 32.2. The van der Waals surface area contributed by atoms with Gasteiger partial charge in [0.2, 0.25) is 10.9 Å². The Morgan fingerprint density at radius 3 is 2.65 bits per heavy atom. The van der Waals surface area contributed by atoms with E-state index in [2.05, 4.69) is 4.98 Å². The summed E-state index contributed by atoms with van der Waals surface area (Å²) in [6.45, 7) is 0.0618. The van der Waals surface area contributed by atoms with Crippen molar-refractivity contribution >= 4 is 16.0 Å². The number of pyridine rings is 1. The average Bonchev–Trinajstić information content (AvgIpc) is 2.90. The quantitative estimate of drug-likeness (QED) is 0.889. The first kappa shape index (κ1) is 14.2. The van der Waals surface area contributed by atoms with Gasteiger partial charge < -0.3 is 9.52 Å². The van der Waals surface area contributed by atoms with Crippen molar-refractivity contribution in [2.45, 2.75) is 11.6 Å². The normalized spacial score (nSPS) is 11.7. The first-order valence-electron chi connectivity index (χ1n) is 5.60. The van der Waals surface area contributed by atoms with Crippen LogP contribution in [0.5, 0.6) is 0 Å². The molecule has 0 unspecified atom stereocenters. The van der Waals surface area contributed by atoms with Crippen molar-refractivity contribution in [1.82, 2.24) is 9.29 Å². The number of hydrogen-bond acceptors (Lipinski definition) is 5. The maximum atomic E-state index is 12.2. The maximum Gasteiger partial charge on any atom is 0.371 e. The molecule has 1 N–H and O–H groups in total. The smallest absolute Gasteiger partial charge is 0.371 e. The molecule has 0 aliphatic carbocycles. The monoisotopic (exact) mass is 296 g/mol. The van der Waals surface area contributed by atoms with Gasteiger partial charge in [-0.25, -0.2) is 13.2 Å². The Bertz CT molecular complexity index is 708. The van der Waals surface area contributed by atoms with Crippen molar-refractivity contribution in [3.63, 3.8) is 0 Å². The maximum absolute atomic E-state index is 12.2. The summed E-state index contributed by atoms with van der Waals surface area (Å²) >= 11 is 0. The van der Waals surface area contributed by atoms with Crippen LogP contribution in [0.25, 0.3) is 0 Å². The number of aromatic nitrogens is 1. The van der Waals surface area contributed by atoms with Crippen molar-refractivity contribution in [2.75, 3.05) is 7.05 Å². The molecule has 2 heterocycles. The fourth-order valence-electron chi connectivity index (χ4n) is 1.53. The Hall–Kier alpha value is -2.19. The van der Waals surface area contributed by atoms with E-state index < -0.39 is 26.8 Å². The molecule has 0 amide bonds. The van der Waals surface area contributed by atoms with Crippen molar-refractivity contribution in [1.29, 1.82) is 0 Å². The molecular formula is C12H12N2O5S. The largest absolute Gasteiger partial charge is 0.475 e. The van der Waals surface area contributed by atoms with Gasteiger partial charge in [0.25, 0.3) is 10.0 Å². The molecule has 7 nitrogen and oxygen atoms in total. The topological polar surface area (TPSA) is 101 Å². The predicted octanol–water partition coefficient (Wildman–Crippen LogP) is 1.19. The molecule has 0 bridgehead atoms. The SMILES string of the molecule is CN(Cc1ccccn1)S(=O)(=O)c1ccc(C(=O)O)o1. The number of furan rings is 1. The molecule has 0 radical (unpaired) electrons. The minimum Gasteiger partial charge on any atom is -0.475 e. The lowest BCUT2D eigenvalue weighted by molar-refractivity contribution is 0.0656. The van der Waals surface area contributed by atoms with Crippen molar-refractivity contribution in [2.24, 2.45) is 0 Å². The lowest BCUT2D eigenvalue weighted by Crippen LogP contribution is -2.26. The van der Waals surface area contributed by atoms with E-state index in [0.717, 1.165) is 16.4 Å². The van der Waals surface area contributed by atoms with Crippen LogP contribution < -0.4 is 0 Å². The Kier molecular flexibility index (Phi) is 3.86. The van der Waals surface area contributed by atoms with Crippen LogP contribution >= 0.6 is 0 Å². The number of aromatic carboxylic acids is 1. The summed E-state index contributed by atoms with van der Waals surface area (Å²) in [6.07, 6.45) is 1.56. The molecule has 0 aromatic carbocycles. The Labute approximate surface area is 115 Å². The highest BCUT2D eigenvalue weighted by Gasteiger charge is 2.26. The molecular weight excluding hydrogens is 284 g/mol. The molecule has 0 saturated carbocycles. The van der Waals surface area contributed by atoms with Crippen LogP contribution in [-0.4, -0.2) is 35.8 Å². The van der Waals surface area contributed by atoms with Gasteiger partial charge in [0.15, 0.2) is 0 Å². The molecule has 0 aliphatic heterocycles. The third-order valence-corrected chi connectivity index (χ3v) is 4.25. The van der Waals surface area contributed by atoms with Gasteiger partial charge in [0, 0.05) is 13.2 Å². The molecule has 8 heteroatoms. The van der Waals surface area contributed by atoms with Crippen molar-refractivity contribution in [3.8, 4) is 0 Å². The summed E-state index contributed by atoms with van der Waals surface area (Å²) in [7, 11) is -2.52. The first-order valence-corrected chi connectivity index (χ1v) is 7.04. The minimum atomic E-state index is -3.89. The van der Waals surface area contributed by atoms with Gasteiger partial charge in [-0.3, -0.25) is 4.98 Å². The van der Waals surface area contributed by atoms with Crippen LogP contribution in [-0.2, 0) is 16.6 Å². The molecule has 2 rings (SSSR count). The molecule has 0 atom stereocenters. The second-order valence-corrected chi connectivity index (χ2v) is 5.98. The summed E-state index contributed by atoms with van der Waals surface area (Å²) in [5, 5.41) is 8.32. The minimum absolute atomic E-state index is 0.0618. The van der Waals surface area contributed by atoms with E-state index in [0.29, 0.717) is 5.69 Å². The van der Waals surface area contributed by atoms with Crippen LogP contribution in [0.3, 0.4) is 0 Å². The molecule has 2 aromatic rings. The van der Waals surface area contributed by atoms with E-state index in [-0.39, 0.29) is 6.54 Å².